The fourth-order valence-corrected chi connectivity index (χ4v) is 14.5. The number of alkyl carbamates (subject to hydrolysis) is 1. The smallest absolute Gasteiger partial charge is 0.408 e. The molecule has 10 heteroatoms. The third-order valence-corrected chi connectivity index (χ3v) is 17.9. The van der Waals surface area contributed by atoms with Crippen molar-refractivity contribution >= 4 is 29.7 Å². The maximum atomic E-state index is 14.1. The minimum absolute atomic E-state index is 0.00000978. The lowest BCUT2D eigenvalue weighted by Gasteiger charge is -2.72. The molecule has 0 radical (unpaired) electrons. The standard InChI is InChI=1S/C48H76N2O8/c1-27(2)35-31(51)26-48(23-24-49-39(55)44(10,11)50-40(56)58-41(3,4)5)22-21-46(13)28(36(35)48)15-16-33-45(12)19-18-34(43(8,9)32(45)17-20-47(33,46)14)57-38(54)30-25-29(37(52)53)42(30,6)7/h27-30,32-34H,15-26H2,1-14H3,(H,49,55)(H,50,56)(H,52,53)/t28-,29+,30-,32+,33-,34+,45+,46-,47-,48-/m1/s1. The third kappa shape index (κ3) is 6.94. The number of aliphatic carboxylic acids is 1. The van der Waals surface area contributed by atoms with E-state index in [1.165, 1.54) is 5.57 Å². The molecular formula is C48H76N2O8. The molecular weight excluding hydrogens is 733 g/mol. The van der Waals surface area contributed by atoms with Crippen LogP contribution in [0.25, 0.3) is 0 Å². The van der Waals surface area contributed by atoms with Gasteiger partial charge in [0.2, 0.25) is 5.91 Å². The molecule has 6 aliphatic rings. The highest BCUT2D eigenvalue weighted by atomic mass is 16.6. The molecule has 6 rings (SSSR count). The number of nitrogens with one attached hydrogen (secondary N) is 2. The highest BCUT2D eigenvalue weighted by Gasteiger charge is 2.70. The molecule has 10 nitrogen and oxygen atoms in total. The summed E-state index contributed by atoms with van der Waals surface area (Å²) in [6, 6.07) is 0. The third-order valence-electron chi connectivity index (χ3n) is 17.9. The number of amides is 2. The Balaban J connectivity index is 1.20. The van der Waals surface area contributed by atoms with E-state index >= 15 is 0 Å². The van der Waals surface area contributed by atoms with Crippen molar-refractivity contribution in [2.24, 2.45) is 68.0 Å². The lowest BCUT2D eigenvalue weighted by atomic mass is 9.33. The van der Waals surface area contributed by atoms with Crippen LogP contribution in [-0.4, -0.2) is 58.6 Å². The number of carboxylic acid groups (broad SMARTS) is 1. The Morgan fingerprint density at radius 1 is 0.810 bits per heavy atom. The second-order valence-electron chi connectivity index (χ2n) is 23.5. The monoisotopic (exact) mass is 809 g/mol. The van der Waals surface area contributed by atoms with Crippen LogP contribution in [0, 0.1) is 68.0 Å². The van der Waals surface area contributed by atoms with E-state index in [4.69, 9.17) is 9.47 Å². The number of allylic oxidation sites excluding steroid dienone is 2. The average molecular weight is 809 g/mol. The molecule has 0 saturated heterocycles. The number of Topliss-reactive ketones (excluding diaryl/α,β-unsaturated/α-hetero) is 1. The first-order valence-electron chi connectivity index (χ1n) is 22.5. The summed E-state index contributed by atoms with van der Waals surface area (Å²) in [5.41, 5.74) is -0.443. The molecule has 0 bridgehead atoms. The van der Waals surface area contributed by atoms with Gasteiger partial charge in [-0.15, -0.1) is 0 Å². The van der Waals surface area contributed by atoms with Gasteiger partial charge in [0.25, 0.3) is 0 Å². The summed E-state index contributed by atoms with van der Waals surface area (Å²) in [4.78, 5) is 65.6. The van der Waals surface area contributed by atoms with Gasteiger partial charge in [-0.05, 0) is 150 Å². The van der Waals surface area contributed by atoms with Gasteiger partial charge >= 0.3 is 18.0 Å². The lowest BCUT2D eigenvalue weighted by Crippen LogP contribution is -2.66. The summed E-state index contributed by atoms with van der Waals surface area (Å²) in [6.45, 7) is 29.5. The van der Waals surface area contributed by atoms with E-state index in [0.717, 1.165) is 56.9 Å². The molecule has 6 aliphatic carbocycles. The highest BCUT2D eigenvalue weighted by molar-refractivity contribution is 6.00. The summed E-state index contributed by atoms with van der Waals surface area (Å²) in [7, 11) is 0. The second kappa shape index (κ2) is 14.3. The van der Waals surface area contributed by atoms with E-state index < -0.39 is 40.5 Å². The SMILES string of the molecule is CC(C)C1=C2[C@H]3CC[C@@H]4[C@@]5(C)CC[C@H](OC(=O)[C@H]6C[C@@H](C(=O)O)C6(C)C)C(C)(C)[C@@H]5CC[C@@]4(C)[C@]3(C)CC[C@@]2(CCNC(=O)C(C)(C)NC(=O)OC(C)(C)C)CC1=O. The van der Waals surface area contributed by atoms with Crippen molar-refractivity contribution in [1.82, 2.24) is 10.6 Å². The Kier molecular flexibility index (Phi) is 11.0. The van der Waals surface area contributed by atoms with Crippen LogP contribution in [0.15, 0.2) is 11.1 Å². The molecule has 0 heterocycles. The number of ketones is 1. The van der Waals surface area contributed by atoms with Crippen molar-refractivity contribution in [2.45, 2.75) is 185 Å². The molecule has 3 N–H and O–H groups in total. The fourth-order valence-electron chi connectivity index (χ4n) is 14.5. The number of fused-ring (bicyclic) bond motifs is 7. The normalized spacial score (nSPS) is 39.0. The van der Waals surface area contributed by atoms with Gasteiger partial charge in [0.1, 0.15) is 17.2 Å². The molecule has 0 aromatic rings. The number of ether oxygens (including phenoxy) is 2. The largest absolute Gasteiger partial charge is 0.481 e. The first kappa shape index (κ1) is 44.6. The predicted octanol–water partition coefficient (Wildman–Crippen LogP) is 9.44. The van der Waals surface area contributed by atoms with Gasteiger partial charge in [-0.25, -0.2) is 4.79 Å². The van der Waals surface area contributed by atoms with Crippen LogP contribution in [-0.2, 0) is 28.7 Å². The van der Waals surface area contributed by atoms with Crippen LogP contribution < -0.4 is 10.6 Å². The Morgan fingerprint density at radius 3 is 2.05 bits per heavy atom. The number of rotatable bonds is 9. The zero-order valence-corrected chi connectivity index (χ0v) is 38.3. The van der Waals surface area contributed by atoms with Crippen molar-refractivity contribution in [1.29, 1.82) is 0 Å². The first-order chi connectivity index (χ1) is 26.5. The van der Waals surface area contributed by atoms with Gasteiger partial charge in [0, 0.05) is 23.8 Å². The van der Waals surface area contributed by atoms with Gasteiger partial charge < -0.3 is 25.2 Å². The van der Waals surface area contributed by atoms with E-state index in [2.05, 4.69) is 59.1 Å². The highest BCUT2D eigenvalue weighted by Crippen LogP contribution is 2.77. The maximum absolute atomic E-state index is 14.1. The lowest BCUT2D eigenvalue weighted by molar-refractivity contribution is -0.236. The number of hydrogen-bond donors (Lipinski definition) is 3. The zero-order chi connectivity index (χ0) is 43.4. The van der Waals surface area contributed by atoms with Crippen molar-refractivity contribution < 1.29 is 38.6 Å². The maximum Gasteiger partial charge on any atom is 0.408 e. The summed E-state index contributed by atoms with van der Waals surface area (Å²) in [5.74, 6) is -0.706. The van der Waals surface area contributed by atoms with E-state index in [1.54, 1.807) is 34.6 Å². The van der Waals surface area contributed by atoms with E-state index in [-0.39, 0.29) is 56.8 Å². The Hall–Kier alpha value is -2.91. The van der Waals surface area contributed by atoms with E-state index in [1.807, 2.05) is 13.8 Å². The number of esters is 1. The summed E-state index contributed by atoms with van der Waals surface area (Å²) < 4.78 is 11.8. The average Bonchev–Trinajstić information content (AvgIpc) is 3.36. The van der Waals surface area contributed by atoms with E-state index in [0.29, 0.717) is 43.6 Å². The van der Waals surface area contributed by atoms with Gasteiger partial charge in [-0.2, -0.15) is 0 Å². The molecule has 0 aromatic carbocycles. The summed E-state index contributed by atoms with van der Waals surface area (Å²) in [5, 5.41) is 15.5. The minimum Gasteiger partial charge on any atom is -0.481 e. The van der Waals surface area contributed by atoms with E-state index in [9.17, 15) is 29.1 Å². The van der Waals surface area contributed by atoms with Gasteiger partial charge in [0.15, 0.2) is 5.78 Å². The van der Waals surface area contributed by atoms with Crippen molar-refractivity contribution in [3.05, 3.63) is 11.1 Å². The fraction of sp³-hybridized carbons (Fsp3) is 0.854. The quantitative estimate of drug-likeness (QED) is 0.195. The Morgan fingerprint density at radius 2 is 1.47 bits per heavy atom. The zero-order valence-electron chi connectivity index (χ0n) is 38.3. The van der Waals surface area contributed by atoms with Crippen LogP contribution >= 0.6 is 0 Å². The van der Waals surface area contributed by atoms with Gasteiger partial charge in [-0.3, -0.25) is 19.2 Å². The number of carboxylic acids is 1. The first-order valence-corrected chi connectivity index (χ1v) is 22.5. The molecule has 58 heavy (non-hydrogen) atoms. The summed E-state index contributed by atoms with van der Waals surface area (Å²) >= 11 is 0. The second-order valence-corrected chi connectivity index (χ2v) is 23.5. The van der Waals surface area contributed by atoms with Gasteiger partial charge in [-0.1, -0.05) is 67.9 Å². The molecule has 0 aliphatic heterocycles. The minimum atomic E-state index is -1.17. The molecule has 5 saturated carbocycles. The van der Waals surface area contributed by atoms with Crippen LogP contribution in [0.2, 0.25) is 0 Å². The number of hydrogen-bond acceptors (Lipinski definition) is 7. The molecule has 2 amide bonds. The number of carbonyl (C=O) groups excluding carboxylic acids is 4. The molecule has 0 spiro atoms. The van der Waals surface area contributed by atoms with Crippen molar-refractivity contribution in [3.8, 4) is 0 Å². The molecule has 0 unspecified atom stereocenters. The van der Waals surface area contributed by atoms with Gasteiger partial charge in [0.05, 0.1) is 11.8 Å². The molecule has 10 atom stereocenters. The molecule has 0 aromatic heterocycles. The Bertz CT molecular complexity index is 1750. The van der Waals surface area contributed by atoms with Crippen LogP contribution in [0.1, 0.15) is 168 Å². The molecule has 5 fully saturated rings. The van der Waals surface area contributed by atoms with Crippen molar-refractivity contribution in [3.63, 3.8) is 0 Å². The Labute approximate surface area is 348 Å². The predicted molar refractivity (Wildman–Crippen MR) is 223 cm³/mol. The molecule has 326 valence electrons. The van der Waals surface area contributed by atoms with Crippen LogP contribution in [0.3, 0.4) is 0 Å². The summed E-state index contributed by atoms with van der Waals surface area (Å²) in [6.07, 6.45) is 8.73. The number of carbonyl (C=O) groups is 5. The topological polar surface area (TPSA) is 148 Å². The van der Waals surface area contributed by atoms with Crippen LogP contribution in [0.4, 0.5) is 4.79 Å². The van der Waals surface area contributed by atoms with Crippen LogP contribution in [0.5, 0.6) is 0 Å². The van der Waals surface area contributed by atoms with Crippen molar-refractivity contribution in [2.75, 3.05) is 6.54 Å².